The first-order valence-electron chi connectivity index (χ1n) is 12.7. The van der Waals surface area contributed by atoms with Crippen LogP contribution in [0.4, 0.5) is 0 Å². The summed E-state index contributed by atoms with van der Waals surface area (Å²) in [5.41, 5.74) is 5.36. The van der Waals surface area contributed by atoms with Crippen LogP contribution in [-0.2, 0) is 16.1 Å². The zero-order chi connectivity index (χ0) is 25.8. The molecule has 1 aromatic heterocycles. The summed E-state index contributed by atoms with van der Waals surface area (Å²) >= 11 is 0. The molecule has 1 atom stereocenters. The van der Waals surface area contributed by atoms with E-state index >= 15 is 0 Å². The van der Waals surface area contributed by atoms with E-state index < -0.39 is 0 Å². The Morgan fingerprint density at radius 3 is 2.57 bits per heavy atom. The van der Waals surface area contributed by atoms with Crippen LogP contribution in [0.15, 0.2) is 65.4 Å². The van der Waals surface area contributed by atoms with Gasteiger partial charge in [0.15, 0.2) is 11.7 Å². The van der Waals surface area contributed by atoms with Crippen LogP contribution in [0, 0.1) is 0 Å². The van der Waals surface area contributed by atoms with Gasteiger partial charge in [-0.25, -0.2) is 10.1 Å². The van der Waals surface area contributed by atoms with Gasteiger partial charge < -0.3 is 19.4 Å². The van der Waals surface area contributed by atoms with E-state index in [0.29, 0.717) is 12.5 Å². The molecular weight excluding hydrogens is 468 g/mol. The van der Waals surface area contributed by atoms with Crippen molar-refractivity contribution in [2.75, 3.05) is 26.9 Å². The number of carbonyl (C=O) groups excluding carboxylic acids is 1. The number of carbonyl (C=O) groups is 1. The average molecular weight is 501 g/mol. The molecule has 10 nitrogen and oxygen atoms in total. The molecule has 3 heterocycles. The Bertz CT molecular complexity index is 1290. The number of ether oxygens (including phenoxy) is 1. The monoisotopic (exact) mass is 500 g/mol. The van der Waals surface area contributed by atoms with Gasteiger partial charge in [0.2, 0.25) is 0 Å². The SMILES string of the molecule is CCCN1CN(CC(=O)OC)C=C2C1=NC(CC)N2Cc1ccc(-c2ccccc2-c2nnn[nH]2)cc1. The molecule has 0 fully saturated rings. The predicted octanol–water partition coefficient (Wildman–Crippen LogP) is 3.48. The number of hydrogen-bond donors (Lipinski definition) is 1. The number of tetrazole rings is 1. The first-order chi connectivity index (χ1) is 18.1. The van der Waals surface area contributed by atoms with E-state index in [1.54, 1.807) is 0 Å². The lowest BCUT2D eigenvalue weighted by Gasteiger charge is -2.37. The van der Waals surface area contributed by atoms with Crippen molar-refractivity contribution in [2.24, 2.45) is 4.99 Å². The maximum Gasteiger partial charge on any atom is 0.325 e. The summed E-state index contributed by atoms with van der Waals surface area (Å²) in [7, 11) is 1.43. The van der Waals surface area contributed by atoms with Crippen LogP contribution in [0.3, 0.4) is 0 Å². The molecule has 0 saturated heterocycles. The summed E-state index contributed by atoms with van der Waals surface area (Å²) in [4.78, 5) is 23.7. The zero-order valence-corrected chi connectivity index (χ0v) is 21.5. The maximum atomic E-state index is 12.0. The second-order valence-electron chi connectivity index (χ2n) is 9.20. The molecule has 10 heteroatoms. The molecule has 0 radical (unpaired) electrons. The van der Waals surface area contributed by atoms with Crippen molar-refractivity contribution >= 4 is 11.8 Å². The van der Waals surface area contributed by atoms with Gasteiger partial charge in [-0.1, -0.05) is 62.4 Å². The fraction of sp³-hybridized carbons (Fsp3) is 0.370. The lowest BCUT2D eigenvalue weighted by molar-refractivity contribution is -0.141. The Kier molecular flexibility index (Phi) is 7.16. The van der Waals surface area contributed by atoms with Gasteiger partial charge in [-0.3, -0.25) is 4.79 Å². The fourth-order valence-electron chi connectivity index (χ4n) is 4.92. The lowest BCUT2D eigenvalue weighted by Crippen LogP contribution is -2.47. The van der Waals surface area contributed by atoms with E-state index in [-0.39, 0.29) is 18.7 Å². The molecular formula is C27H32N8O2. The number of esters is 1. The Balaban J connectivity index is 1.40. The number of rotatable bonds is 9. The fourth-order valence-corrected chi connectivity index (χ4v) is 4.92. The van der Waals surface area contributed by atoms with E-state index in [9.17, 15) is 4.79 Å². The third-order valence-corrected chi connectivity index (χ3v) is 6.69. The van der Waals surface area contributed by atoms with E-state index in [0.717, 1.165) is 54.2 Å². The van der Waals surface area contributed by atoms with E-state index in [1.165, 1.54) is 12.7 Å². The Morgan fingerprint density at radius 1 is 1.11 bits per heavy atom. The summed E-state index contributed by atoms with van der Waals surface area (Å²) in [6.45, 7) is 6.77. The number of aromatic nitrogens is 4. The Morgan fingerprint density at radius 2 is 1.89 bits per heavy atom. The van der Waals surface area contributed by atoms with Crippen molar-refractivity contribution in [2.45, 2.75) is 39.4 Å². The van der Waals surface area contributed by atoms with Crippen molar-refractivity contribution in [1.82, 2.24) is 35.3 Å². The third-order valence-electron chi connectivity index (χ3n) is 6.69. The highest BCUT2D eigenvalue weighted by Crippen LogP contribution is 2.32. The van der Waals surface area contributed by atoms with E-state index in [1.807, 2.05) is 23.1 Å². The molecule has 0 amide bonds. The molecule has 3 aromatic rings. The van der Waals surface area contributed by atoms with Gasteiger partial charge in [0.1, 0.15) is 12.7 Å². The number of aliphatic imine (C=N–C) groups is 1. The minimum absolute atomic E-state index is 0.0537. The molecule has 2 aromatic carbocycles. The first kappa shape index (κ1) is 24.5. The predicted molar refractivity (Wildman–Crippen MR) is 141 cm³/mol. The van der Waals surface area contributed by atoms with Gasteiger partial charge in [-0.15, -0.1) is 5.10 Å². The average Bonchev–Trinajstić information content (AvgIpc) is 3.58. The maximum absolute atomic E-state index is 12.0. The molecule has 192 valence electrons. The van der Waals surface area contributed by atoms with Crippen LogP contribution >= 0.6 is 0 Å². The van der Waals surface area contributed by atoms with Crippen LogP contribution in [-0.4, -0.2) is 80.2 Å². The van der Waals surface area contributed by atoms with Crippen LogP contribution in [0.1, 0.15) is 32.3 Å². The number of fused-ring (bicyclic) bond motifs is 1. The van der Waals surface area contributed by atoms with E-state index in [2.05, 4.69) is 80.8 Å². The molecule has 0 spiro atoms. The molecule has 1 N–H and O–H groups in total. The Labute approximate surface area is 216 Å². The quantitative estimate of drug-likeness (QED) is 0.446. The van der Waals surface area contributed by atoms with Gasteiger partial charge in [-0.05, 0) is 40.0 Å². The van der Waals surface area contributed by atoms with Gasteiger partial charge in [0.05, 0.1) is 19.5 Å². The molecule has 0 aliphatic carbocycles. The minimum atomic E-state index is -0.248. The largest absolute Gasteiger partial charge is 0.468 e. The molecule has 37 heavy (non-hydrogen) atoms. The number of benzene rings is 2. The first-order valence-corrected chi connectivity index (χ1v) is 12.7. The molecule has 0 saturated carbocycles. The molecule has 5 rings (SSSR count). The van der Waals surface area contributed by atoms with Gasteiger partial charge >= 0.3 is 5.97 Å². The molecule has 1 unspecified atom stereocenters. The normalized spacial score (nSPS) is 16.9. The summed E-state index contributed by atoms with van der Waals surface area (Å²) in [5.74, 6) is 1.41. The lowest BCUT2D eigenvalue weighted by atomic mass is 9.98. The number of H-pyrrole nitrogens is 1. The molecule has 2 aliphatic heterocycles. The van der Waals surface area contributed by atoms with Crippen molar-refractivity contribution < 1.29 is 9.53 Å². The molecule has 2 aliphatic rings. The van der Waals surface area contributed by atoms with Crippen molar-refractivity contribution in [3.8, 4) is 22.5 Å². The minimum Gasteiger partial charge on any atom is -0.468 e. The van der Waals surface area contributed by atoms with Gasteiger partial charge in [-0.2, -0.15) is 0 Å². The summed E-state index contributed by atoms with van der Waals surface area (Å²) in [5, 5.41) is 14.4. The number of nitrogens with zero attached hydrogens (tertiary/aromatic N) is 7. The number of nitrogens with one attached hydrogen (secondary N) is 1. The third kappa shape index (κ3) is 5.04. The van der Waals surface area contributed by atoms with Crippen LogP contribution in [0.25, 0.3) is 22.5 Å². The van der Waals surface area contributed by atoms with Crippen molar-refractivity contribution in [3.63, 3.8) is 0 Å². The van der Waals surface area contributed by atoms with Crippen molar-refractivity contribution in [1.29, 1.82) is 0 Å². The summed E-state index contributed by atoms with van der Waals surface area (Å²) < 4.78 is 4.92. The number of methoxy groups -OCH3 is 1. The van der Waals surface area contributed by atoms with Crippen LogP contribution in [0.2, 0.25) is 0 Å². The van der Waals surface area contributed by atoms with Gasteiger partial charge in [0.25, 0.3) is 0 Å². The zero-order valence-electron chi connectivity index (χ0n) is 21.5. The smallest absolute Gasteiger partial charge is 0.325 e. The van der Waals surface area contributed by atoms with E-state index in [4.69, 9.17) is 9.73 Å². The highest BCUT2D eigenvalue weighted by atomic mass is 16.5. The Hall–Kier alpha value is -4.21. The number of hydrogen-bond acceptors (Lipinski definition) is 9. The van der Waals surface area contributed by atoms with Crippen LogP contribution in [0.5, 0.6) is 0 Å². The second kappa shape index (κ2) is 10.8. The standard InChI is InChI=1S/C27H32N8O2/c1-4-14-34-18-33(17-25(36)37-3)16-23-27(34)28-24(5-2)35(23)15-19-10-12-20(13-11-19)21-8-6-7-9-22(21)26-29-31-32-30-26/h6-13,16,24H,4-5,14-15,17-18H2,1-3H3,(H,29,30,31,32). The highest BCUT2D eigenvalue weighted by Gasteiger charge is 2.36. The summed E-state index contributed by atoms with van der Waals surface area (Å²) in [6.07, 6.45) is 4.02. The van der Waals surface area contributed by atoms with Crippen LogP contribution < -0.4 is 0 Å². The second-order valence-corrected chi connectivity index (χ2v) is 9.20. The highest BCUT2D eigenvalue weighted by molar-refractivity contribution is 6.00. The topological polar surface area (TPSA) is 103 Å². The number of amidine groups is 1. The molecule has 0 bridgehead atoms. The number of aromatic amines is 1. The van der Waals surface area contributed by atoms with Crippen molar-refractivity contribution in [3.05, 3.63) is 66.0 Å². The summed E-state index contributed by atoms with van der Waals surface area (Å²) in [6, 6.07) is 16.7. The van der Waals surface area contributed by atoms with Gasteiger partial charge in [0, 0.05) is 24.9 Å².